The smallest absolute Gasteiger partial charge is 0.198 e. The average Bonchev–Trinajstić information content (AvgIpc) is 1.63. The molecule has 0 rings (SSSR count). The van der Waals surface area contributed by atoms with Crippen molar-refractivity contribution in [3.8, 4) is 0 Å². The molecule has 0 bridgehead atoms. The van der Waals surface area contributed by atoms with E-state index in [1.165, 1.54) is 0 Å². The van der Waals surface area contributed by atoms with Gasteiger partial charge in [-0.05, 0) is 6.42 Å². The minimum atomic E-state index is -3.31. The molecule has 0 aliphatic heterocycles. The summed E-state index contributed by atoms with van der Waals surface area (Å²) in [5.41, 5.74) is 2.29. The van der Waals surface area contributed by atoms with Gasteiger partial charge in [-0.1, -0.05) is 6.92 Å². The molecule has 0 aromatic heterocycles. The van der Waals surface area contributed by atoms with Crippen molar-refractivity contribution in [3.63, 3.8) is 0 Å². The third kappa shape index (κ3) is 11.4. The third-order valence-electron chi connectivity index (χ3n) is 0.562. The zero-order valence-electron chi connectivity index (χ0n) is 5.96. The predicted molar refractivity (Wildman–Crippen MR) is 49.6 cm³/mol. The fourth-order valence-electron chi connectivity index (χ4n) is 0.251. The maximum atomic E-state index is 10.2. The van der Waals surface area contributed by atoms with E-state index in [-0.39, 0.29) is 24.0 Å². The molecule has 0 unspecified atom stereocenters. The summed E-state index contributed by atoms with van der Waals surface area (Å²) in [7, 11) is -3.31. The van der Waals surface area contributed by atoms with Gasteiger partial charge in [0.15, 0.2) is 0 Å². The van der Waals surface area contributed by atoms with Crippen LogP contribution in [0.15, 0.2) is 0 Å². The lowest BCUT2D eigenvalue weighted by molar-refractivity contribution is 0.206. The molecular weight excluding hydrogens is 269 g/mol. The van der Waals surface area contributed by atoms with Gasteiger partial charge in [-0.15, -0.1) is 24.0 Å². The minimum Gasteiger partial charge on any atom is -0.198 e. The summed E-state index contributed by atoms with van der Waals surface area (Å²) in [5, 5.41) is 0. The second-order valence-corrected chi connectivity index (χ2v) is 3.26. The molecule has 64 valence electrons. The summed E-state index contributed by atoms with van der Waals surface area (Å²) in [5.74, 6) is 0. The van der Waals surface area contributed by atoms with E-state index in [2.05, 4.69) is 9.76 Å². The Balaban J connectivity index is 0. The van der Waals surface area contributed by atoms with Gasteiger partial charge in [-0.3, -0.25) is 0 Å². The van der Waals surface area contributed by atoms with Crippen molar-refractivity contribution < 1.29 is 12.7 Å². The topological polar surface area (TPSA) is 55.4 Å². The Morgan fingerprint density at radius 1 is 1.50 bits per heavy atom. The highest BCUT2D eigenvalue weighted by Gasteiger charge is 1.97. The molecular formula is C4H12INO3S. The number of hydroxylamine groups is 1. The Kier molecular flexibility index (Phi) is 8.35. The predicted octanol–water partition coefficient (Wildman–Crippen LogP) is 0.495. The van der Waals surface area contributed by atoms with Crippen LogP contribution in [0.25, 0.3) is 0 Å². The lowest BCUT2D eigenvalue weighted by Gasteiger charge is -1.98. The molecule has 0 heterocycles. The first-order chi connectivity index (χ1) is 4.06. The quantitative estimate of drug-likeness (QED) is 0.463. The molecule has 0 saturated carbocycles. The molecule has 0 fully saturated rings. The second-order valence-electron chi connectivity index (χ2n) is 1.68. The molecule has 0 aromatic rings. The van der Waals surface area contributed by atoms with Gasteiger partial charge in [0.05, 0.1) is 6.26 Å². The largest absolute Gasteiger partial charge is 0.280 e. The maximum absolute atomic E-state index is 10.2. The Bertz CT molecular complexity index is 156. The van der Waals surface area contributed by atoms with E-state index in [1.807, 2.05) is 6.92 Å². The third-order valence-corrected chi connectivity index (χ3v) is 0.983. The molecule has 1 N–H and O–H groups in total. The minimum absolute atomic E-state index is 0. The van der Waals surface area contributed by atoms with Crippen molar-refractivity contribution in [2.24, 2.45) is 0 Å². The monoisotopic (exact) mass is 281 g/mol. The number of halogens is 1. The highest BCUT2D eigenvalue weighted by atomic mass is 127. The molecule has 0 radical (unpaired) electrons. The number of nitrogens with one attached hydrogen (secondary N) is 1. The molecule has 10 heavy (non-hydrogen) atoms. The molecule has 0 aliphatic carbocycles. The average molecular weight is 281 g/mol. The first-order valence-electron chi connectivity index (χ1n) is 2.67. The number of rotatable bonds is 4. The van der Waals surface area contributed by atoms with E-state index >= 15 is 0 Å². The summed E-state index contributed by atoms with van der Waals surface area (Å²) in [6, 6.07) is 0. The summed E-state index contributed by atoms with van der Waals surface area (Å²) in [4.78, 5) is 0. The van der Waals surface area contributed by atoms with Gasteiger partial charge in [0.2, 0.25) is 0 Å². The van der Waals surface area contributed by atoms with E-state index in [0.29, 0.717) is 6.54 Å². The van der Waals surface area contributed by atoms with Gasteiger partial charge >= 0.3 is 0 Å². The van der Waals surface area contributed by atoms with E-state index in [9.17, 15) is 8.42 Å². The van der Waals surface area contributed by atoms with E-state index in [4.69, 9.17) is 0 Å². The van der Waals surface area contributed by atoms with Crippen molar-refractivity contribution in [2.75, 3.05) is 12.8 Å². The van der Waals surface area contributed by atoms with Crippen LogP contribution in [0.5, 0.6) is 0 Å². The van der Waals surface area contributed by atoms with Crippen LogP contribution in [0.1, 0.15) is 13.3 Å². The van der Waals surface area contributed by atoms with Crippen LogP contribution in [-0.2, 0) is 14.4 Å². The lowest BCUT2D eigenvalue weighted by atomic mass is 10.5. The van der Waals surface area contributed by atoms with Crippen molar-refractivity contribution in [2.45, 2.75) is 13.3 Å². The fraction of sp³-hybridized carbons (Fsp3) is 1.00. The summed E-state index contributed by atoms with van der Waals surface area (Å²) >= 11 is 0. The summed E-state index contributed by atoms with van der Waals surface area (Å²) in [6.45, 7) is 2.46. The number of hydrogen-bond donors (Lipinski definition) is 1. The molecule has 6 heteroatoms. The second kappa shape index (κ2) is 6.32. The van der Waals surface area contributed by atoms with Crippen LogP contribution in [0.2, 0.25) is 0 Å². The highest BCUT2D eigenvalue weighted by Crippen LogP contribution is 1.80. The molecule has 0 atom stereocenters. The van der Waals surface area contributed by atoms with Crippen LogP contribution in [-0.4, -0.2) is 21.2 Å². The van der Waals surface area contributed by atoms with Gasteiger partial charge in [-0.2, -0.15) is 18.2 Å². The Labute approximate surface area is 78.4 Å². The Hall–Kier alpha value is 0.600. The van der Waals surface area contributed by atoms with Crippen LogP contribution in [0.4, 0.5) is 0 Å². The van der Waals surface area contributed by atoms with Gasteiger partial charge < -0.3 is 0 Å². The van der Waals surface area contributed by atoms with Crippen molar-refractivity contribution in [1.29, 1.82) is 0 Å². The van der Waals surface area contributed by atoms with Gasteiger partial charge in [0.1, 0.15) is 0 Å². The SMILES string of the molecule is CCCNOS(C)(=O)=O.I. The van der Waals surface area contributed by atoms with E-state index in [1.54, 1.807) is 0 Å². The Morgan fingerprint density at radius 3 is 2.30 bits per heavy atom. The zero-order chi connectivity index (χ0) is 7.33. The molecule has 0 spiro atoms. The van der Waals surface area contributed by atoms with Crippen LogP contribution < -0.4 is 5.48 Å². The van der Waals surface area contributed by atoms with E-state index < -0.39 is 10.1 Å². The first-order valence-corrected chi connectivity index (χ1v) is 4.49. The summed E-state index contributed by atoms with van der Waals surface area (Å²) < 4.78 is 24.6. The van der Waals surface area contributed by atoms with Crippen LogP contribution in [0, 0.1) is 0 Å². The fourth-order valence-corrected chi connectivity index (χ4v) is 0.548. The van der Waals surface area contributed by atoms with Gasteiger partial charge in [0, 0.05) is 6.54 Å². The Morgan fingerprint density at radius 2 is 2.00 bits per heavy atom. The van der Waals surface area contributed by atoms with E-state index in [0.717, 1.165) is 12.7 Å². The van der Waals surface area contributed by atoms with Crippen molar-refractivity contribution in [3.05, 3.63) is 0 Å². The van der Waals surface area contributed by atoms with Crippen molar-refractivity contribution >= 4 is 34.1 Å². The first kappa shape index (κ1) is 13.2. The van der Waals surface area contributed by atoms with Gasteiger partial charge in [-0.25, -0.2) is 0 Å². The molecule has 4 nitrogen and oxygen atoms in total. The maximum Gasteiger partial charge on any atom is 0.280 e. The van der Waals surface area contributed by atoms with Gasteiger partial charge in [0.25, 0.3) is 10.1 Å². The van der Waals surface area contributed by atoms with Crippen LogP contribution >= 0.6 is 24.0 Å². The summed E-state index contributed by atoms with van der Waals surface area (Å²) in [6.07, 6.45) is 1.84. The molecule has 0 saturated heterocycles. The normalized spacial score (nSPS) is 10.6. The van der Waals surface area contributed by atoms with Crippen LogP contribution in [0.3, 0.4) is 0 Å². The molecule has 0 aliphatic rings. The number of hydrogen-bond acceptors (Lipinski definition) is 4. The zero-order valence-corrected chi connectivity index (χ0v) is 9.10. The standard InChI is InChI=1S/C4H11NO3S.HI/c1-3-4-5-8-9(2,6)7;/h5H,3-4H2,1-2H3;1H. The molecule has 0 aromatic carbocycles. The lowest BCUT2D eigenvalue weighted by Crippen LogP contribution is -2.19. The highest BCUT2D eigenvalue weighted by molar-refractivity contribution is 14.0. The van der Waals surface area contributed by atoms with Crippen molar-refractivity contribution in [1.82, 2.24) is 5.48 Å². The molecule has 0 amide bonds.